The van der Waals surface area contributed by atoms with E-state index in [-0.39, 0.29) is 0 Å². The predicted molar refractivity (Wildman–Crippen MR) is 63.1 cm³/mol. The molecule has 3 heteroatoms. The van der Waals surface area contributed by atoms with Crippen LogP contribution in [0.15, 0.2) is 36.5 Å². The molecular weight excluding hydrogens is 200 g/mol. The Morgan fingerprint density at radius 2 is 2.19 bits per heavy atom. The number of hydrogen-bond acceptors (Lipinski definition) is 2. The minimum atomic E-state index is -0.632. The van der Waals surface area contributed by atoms with Gasteiger partial charge < -0.3 is 5.11 Å². The summed E-state index contributed by atoms with van der Waals surface area (Å²) in [5.74, 6) is 0. The maximum atomic E-state index is 10.1. The van der Waals surface area contributed by atoms with E-state index >= 15 is 0 Å². The Morgan fingerprint density at radius 1 is 1.38 bits per heavy atom. The molecule has 1 atom stereocenters. The van der Waals surface area contributed by atoms with Crippen LogP contribution in [0.3, 0.4) is 0 Å². The summed E-state index contributed by atoms with van der Waals surface area (Å²) in [7, 11) is 1.85. The number of aliphatic hydroxyl groups excluding tert-OH is 1. The van der Waals surface area contributed by atoms with E-state index < -0.39 is 6.10 Å². The van der Waals surface area contributed by atoms with Gasteiger partial charge >= 0.3 is 0 Å². The first-order valence-electron chi connectivity index (χ1n) is 5.47. The van der Waals surface area contributed by atoms with Crippen LogP contribution in [-0.4, -0.2) is 14.9 Å². The number of rotatable bonds is 3. The van der Waals surface area contributed by atoms with Gasteiger partial charge in [0.2, 0.25) is 0 Å². The van der Waals surface area contributed by atoms with Gasteiger partial charge in [0.1, 0.15) is 6.10 Å². The van der Waals surface area contributed by atoms with Gasteiger partial charge in [0, 0.05) is 13.2 Å². The minimum absolute atomic E-state index is 0.632. The molecule has 0 aliphatic carbocycles. The number of aromatic nitrogens is 2. The van der Waals surface area contributed by atoms with E-state index in [0.717, 1.165) is 12.0 Å². The van der Waals surface area contributed by atoms with E-state index in [1.807, 2.05) is 37.5 Å². The third-order valence-corrected chi connectivity index (χ3v) is 2.69. The quantitative estimate of drug-likeness (QED) is 0.852. The van der Waals surface area contributed by atoms with E-state index in [2.05, 4.69) is 18.1 Å². The number of nitrogens with zero attached hydrogens (tertiary/aromatic N) is 2. The first-order valence-corrected chi connectivity index (χ1v) is 5.47. The van der Waals surface area contributed by atoms with Crippen LogP contribution in [0.1, 0.15) is 29.8 Å². The van der Waals surface area contributed by atoms with Gasteiger partial charge in [-0.25, -0.2) is 0 Å². The Bertz CT molecular complexity index is 476. The zero-order valence-electron chi connectivity index (χ0n) is 9.59. The highest BCUT2D eigenvalue weighted by Gasteiger charge is 2.12. The van der Waals surface area contributed by atoms with Gasteiger partial charge in [-0.05, 0) is 23.6 Å². The molecule has 1 heterocycles. The summed E-state index contributed by atoms with van der Waals surface area (Å²) in [6.45, 7) is 2.10. The molecule has 0 aliphatic rings. The molecule has 0 saturated carbocycles. The Kier molecular flexibility index (Phi) is 3.06. The lowest BCUT2D eigenvalue weighted by Gasteiger charge is -2.09. The fraction of sp³-hybridized carbons (Fsp3) is 0.308. The lowest BCUT2D eigenvalue weighted by Crippen LogP contribution is -2.02. The van der Waals surface area contributed by atoms with Crippen molar-refractivity contribution in [3.8, 4) is 0 Å². The monoisotopic (exact) mass is 216 g/mol. The molecule has 0 aliphatic heterocycles. The average Bonchev–Trinajstić information content (AvgIpc) is 2.75. The maximum Gasteiger partial charge on any atom is 0.123 e. The predicted octanol–water partition coefficient (Wildman–Crippen LogP) is 2.06. The summed E-state index contributed by atoms with van der Waals surface area (Å²) in [6.07, 6.45) is 2.18. The Morgan fingerprint density at radius 3 is 2.81 bits per heavy atom. The molecule has 1 aromatic heterocycles. The van der Waals surface area contributed by atoms with Gasteiger partial charge in [-0.2, -0.15) is 5.10 Å². The van der Waals surface area contributed by atoms with Gasteiger partial charge in [0.05, 0.1) is 5.69 Å². The molecule has 2 rings (SSSR count). The van der Waals surface area contributed by atoms with Crippen LogP contribution in [0.2, 0.25) is 0 Å². The van der Waals surface area contributed by atoms with Crippen LogP contribution in [-0.2, 0) is 13.5 Å². The van der Waals surface area contributed by atoms with Gasteiger partial charge in [0.15, 0.2) is 0 Å². The molecule has 16 heavy (non-hydrogen) atoms. The molecule has 0 saturated heterocycles. The number of hydrogen-bond donors (Lipinski definition) is 1. The second-order valence-corrected chi connectivity index (χ2v) is 3.92. The van der Waals surface area contributed by atoms with Crippen molar-refractivity contribution in [1.29, 1.82) is 0 Å². The number of benzene rings is 1. The molecule has 0 amide bonds. The van der Waals surface area contributed by atoms with Crippen molar-refractivity contribution in [1.82, 2.24) is 9.78 Å². The maximum absolute atomic E-state index is 10.1. The molecule has 84 valence electrons. The van der Waals surface area contributed by atoms with Crippen LogP contribution in [0, 0.1) is 0 Å². The van der Waals surface area contributed by atoms with Gasteiger partial charge in [-0.3, -0.25) is 4.68 Å². The lowest BCUT2D eigenvalue weighted by molar-refractivity contribution is 0.214. The standard InChI is InChI=1S/C13H16N2O/c1-3-10-5-4-6-11(9-10)13(16)12-7-8-15(2)14-12/h4-9,13,16H,3H2,1-2H3. The van der Waals surface area contributed by atoms with Crippen molar-refractivity contribution in [3.63, 3.8) is 0 Å². The summed E-state index contributed by atoms with van der Waals surface area (Å²) in [6, 6.07) is 9.83. The fourth-order valence-corrected chi connectivity index (χ4v) is 1.73. The minimum Gasteiger partial charge on any atom is -0.382 e. The molecule has 0 radical (unpaired) electrons. The zero-order valence-corrected chi connectivity index (χ0v) is 9.59. The molecule has 0 spiro atoms. The Labute approximate surface area is 95.3 Å². The summed E-state index contributed by atoms with van der Waals surface area (Å²) >= 11 is 0. The smallest absolute Gasteiger partial charge is 0.123 e. The van der Waals surface area contributed by atoms with Crippen molar-refractivity contribution in [2.75, 3.05) is 0 Å². The second kappa shape index (κ2) is 4.49. The van der Waals surface area contributed by atoms with E-state index in [1.54, 1.807) is 4.68 Å². The van der Waals surface area contributed by atoms with E-state index in [0.29, 0.717) is 5.69 Å². The Balaban J connectivity index is 2.29. The first-order chi connectivity index (χ1) is 7.70. The summed E-state index contributed by atoms with van der Waals surface area (Å²) in [5, 5.41) is 14.4. The highest BCUT2D eigenvalue weighted by atomic mass is 16.3. The Hall–Kier alpha value is -1.61. The van der Waals surface area contributed by atoms with Crippen molar-refractivity contribution < 1.29 is 5.11 Å². The van der Waals surface area contributed by atoms with Crippen LogP contribution in [0.25, 0.3) is 0 Å². The lowest BCUT2D eigenvalue weighted by atomic mass is 10.0. The van der Waals surface area contributed by atoms with Gasteiger partial charge in [-0.15, -0.1) is 0 Å². The van der Waals surface area contributed by atoms with E-state index in [9.17, 15) is 5.11 Å². The van der Waals surface area contributed by atoms with Crippen LogP contribution in [0.5, 0.6) is 0 Å². The number of aryl methyl sites for hydroxylation is 2. The zero-order chi connectivity index (χ0) is 11.5. The molecular formula is C13H16N2O. The third kappa shape index (κ3) is 2.14. The molecule has 1 aromatic carbocycles. The molecule has 1 N–H and O–H groups in total. The first kappa shape index (κ1) is 10.9. The fourth-order valence-electron chi connectivity index (χ4n) is 1.73. The second-order valence-electron chi connectivity index (χ2n) is 3.92. The third-order valence-electron chi connectivity index (χ3n) is 2.69. The largest absolute Gasteiger partial charge is 0.382 e. The van der Waals surface area contributed by atoms with Crippen LogP contribution < -0.4 is 0 Å². The topological polar surface area (TPSA) is 38.0 Å². The molecule has 2 aromatic rings. The highest BCUT2D eigenvalue weighted by molar-refractivity contribution is 5.29. The van der Waals surface area contributed by atoms with Crippen molar-refractivity contribution in [2.45, 2.75) is 19.4 Å². The average molecular weight is 216 g/mol. The molecule has 1 unspecified atom stereocenters. The molecule has 0 fully saturated rings. The van der Waals surface area contributed by atoms with E-state index in [1.165, 1.54) is 5.56 Å². The summed E-state index contributed by atoms with van der Waals surface area (Å²) < 4.78 is 1.70. The van der Waals surface area contributed by atoms with Crippen molar-refractivity contribution in [2.24, 2.45) is 7.05 Å². The van der Waals surface area contributed by atoms with Gasteiger partial charge in [-0.1, -0.05) is 31.2 Å². The normalized spacial score (nSPS) is 12.7. The highest BCUT2D eigenvalue weighted by Crippen LogP contribution is 2.21. The summed E-state index contributed by atoms with van der Waals surface area (Å²) in [5.41, 5.74) is 2.82. The van der Waals surface area contributed by atoms with E-state index in [4.69, 9.17) is 0 Å². The van der Waals surface area contributed by atoms with Gasteiger partial charge in [0.25, 0.3) is 0 Å². The SMILES string of the molecule is CCc1cccc(C(O)c2ccn(C)n2)c1. The van der Waals surface area contributed by atoms with Crippen molar-refractivity contribution in [3.05, 3.63) is 53.3 Å². The molecule has 3 nitrogen and oxygen atoms in total. The molecule has 0 bridgehead atoms. The number of aliphatic hydroxyl groups is 1. The van der Waals surface area contributed by atoms with Crippen LogP contribution >= 0.6 is 0 Å². The summed E-state index contributed by atoms with van der Waals surface area (Å²) in [4.78, 5) is 0. The van der Waals surface area contributed by atoms with Crippen molar-refractivity contribution >= 4 is 0 Å². The van der Waals surface area contributed by atoms with Crippen LogP contribution in [0.4, 0.5) is 0 Å².